The lowest BCUT2D eigenvalue weighted by atomic mass is 9.84. The van der Waals surface area contributed by atoms with Gasteiger partial charge in [0.25, 0.3) is 0 Å². The molecule has 0 saturated heterocycles. The van der Waals surface area contributed by atoms with Crippen LogP contribution in [0, 0.1) is 5.92 Å². The SMILES string of the molecule is CNc1nc(N[C@@H](C)C2CCCCC2)c2cc[nH]c2n1. The summed E-state index contributed by atoms with van der Waals surface area (Å²) >= 11 is 0. The van der Waals surface area contributed by atoms with Gasteiger partial charge in [-0.25, -0.2) is 0 Å². The highest BCUT2D eigenvalue weighted by Crippen LogP contribution is 2.29. The van der Waals surface area contributed by atoms with Crippen molar-refractivity contribution in [3.8, 4) is 0 Å². The van der Waals surface area contributed by atoms with Crippen LogP contribution < -0.4 is 10.6 Å². The summed E-state index contributed by atoms with van der Waals surface area (Å²) in [6.45, 7) is 2.27. The fourth-order valence-corrected chi connectivity index (χ4v) is 3.13. The van der Waals surface area contributed by atoms with Gasteiger partial charge in [-0.2, -0.15) is 9.97 Å². The quantitative estimate of drug-likeness (QED) is 0.799. The number of aromatic amines is 1. The van der Waals surface area contributed by atoms with Gasteiger partial charge in [0.2, 0.25) is 5.95 Å². The van der Waals surface area contributed by atoms with Crippen LogP contribution in [-0.2, 0) is 0 Å². The van der Waals surface area contributed by atoms with Crippen LogP contribution in [0.25, 0.3) is 11.0 Å². The van der Waals surface area contributed by atoms with Crippen molar-refractivity contribution >= 4 is 22.8 Å². The average Bonchev–Trinajstić information content (AvgIpc) is 2.96. The molecule has 20 heavy (non-hydrogen) atoms. The number of hydrogen-bond donors (Lipinski definition) is 3. The predicted molar refractivity (Wildman–Crippen MR) is 83.1 cm³/mol. The Bertz CT molecular complexity index is 571. The second-order valence-electron chi connectivity index (χ2n) is 5.72. The highest BCUT2D eigenvalue weighted by atomic mass is 15.2. The zero-order valence-electron chi connectivity index (χ0n) is 12.2. The Labute approximate surface area is 119 Å². The topological polar surface area (TPSA) is 65.6 Å². The third kappa shape index (κ3) is 2.57. The monoisotopic (exact) mass is 273 g/mol. The standard InChI is InChI=1S/C15H23N5/c1-10(11-6-4-3-5-7-11)18-14-12-8-9-17-13(12)19-15(16-2)20-14/h8-11H,3-7H2,1-2H3,(H3,16,17,18,19,20)/t10-/m0/s1. The van der Waals surface area contributed by atoms with Gasteiger partial charge in [-0.05, 0) is 31.7 Å². The van der Waals surface area contributed by atoms with Crippen molar-refractivity contribution in [3.05, 3.63) is 12.3 Å². The summed E-state index contributed by atoms with van der Waals surface area (Å²) in [5.74, 6) is 2.34. The van der Waals surface area contributed by atoms with Gasteiger partial charge in [0.05, 0.1) is 5.39 Å². The van der Waals surface area contributed by atoms with Crippen LogP contribution in [-0.4, -0.2) is 28.0 Å². The van der Waals surface area contributed by atoms with Crippen LogP contribution in [0.5, 0.6) is 0 Å². The Kier molecular flexibility index (Phi) is 3.76. The summed E-state index contributed by atoms with van der Waals surface area (Å²) in [7, 11) is 1.85. The normalized spacial score (nSPS) is 18.1. The second-order valence-corrected chi connectivity index (χ2v) is 5.72. The smallest absolute Gasteiger partial charge is 0.226 e. The predicted octanol–water partition coefficient (Wildman–Crippen LogP) is 3.38. The number of nitrogens with one attached hydrogen (secondary N) is 3. The molecule has 1 saturated carbocycles. The number of hydrogen-bond acceptors (Lipinski definition) is 4. The van der Waals surface area contributed by atoms with Gasteiger partial charge >= 0.3 is 0 Å². The molecule has 1 fully saturated rings. The Morgan fingerprint density at radius 2 is 2.05 bits per heavy atom. The summed E-state index contributed by atoms with van der Waals surface area (Å²) < 4.78 is 0. The van der Waals surface area contributed by atoms with E-state index >= 15 is 0 Å². The minimum atomic E-state index is 0.452. The lowest BCUT2D eigenvalue weighted by Gasteiger charge is -2.28. The number of anilines is 2. The van der Waals surface area contributed by atoms with Crippen LogP contribution in [0.4, 0.5) is 11.8 Å². The van der Waals surface area contributed by atoms with Crippen LogP contribution in [0.3, 0.4) is 0 Å². The molecule has 0 amide bonds. The van der Waals surface area contributed by atoms with Gasteiger partial charge in [-0.15, -0.1) is 0 Å². The number of aromatic nitrogens is 3. The fraction of sp³-hybridized carbons (Fsp3) is 0.600. The van der Waals surface area contributed by atoms with Gasteiger partial charge in [0.1, 0.15) is 11.5 Å². The Morgan fingerprint density at radius 3 is 2.80 bits per heavy atom. The lowest BCUT2D eigenvalue weighted by molar-refractivity contribution is 0.328. The second kappa shape index (κ2) is 5.69. The minimum Gasteiger partial charge on any atom is -0.367 e. The van der Waals surface area contributed by atoms with Crippen molar-refractivity contribution in [2.45, 2.75) is 45.1 Å². The van der Waals surface area contributed by atoms with E-state index in [1.807, 2.05) is 19.3 Å². The van der Waals surface area contributed by atoms with E-state index in [2.05, 4.69) is 32.5 Å². The van der Waals surface area contributed by atoms with Gasteiger partial charge in [-0.1, -0.05) is 19.3 Å². The van der Waals surface area contributed by atoms with Gasteiger partial charge < -0.3 is 15.6 Å². The number of fused-ring (bicyclic) bond motifs is 1. The Balaban J connectivity index is 1.83. The number of rotatable bonds is 4. The first-order valence-corrected chi connectivity index (χ1v) is 7.57. The maximum absolute atomic E-state index is 4.57. The lowest BCUT2D eigenvalue weighted by Crippen LogP contribution is -2.28. The van der Waals surface area contributed by atoms with E-state index in [0.29, 0.717) is 12.0 Å². The molecule has 2 aromatic heterocycles. The van der Waals surface area contributed by atoms with E-state index < -0.39 is 0 Å². The van der Waals surface area contributed by atoms with Gasteiger partial charge in [-0.3, -0.25) is 0 Å². The molecule has 1 atom stereocenters. The molecule has 5 heteroatoms. The summed E-state index contributed by atoms with van der Waals surface area (Å²) in [5.41, 5.74) is 0.877. The van der Waals surface area contributed by atoms with Crippen molar-refractivity contribution in [2.24, 2.45) is 5.92 Å². The van der Waals surface area contributed by atoms with Crippen LogP contribution >= 0.6 is 0 Å². The first-order chi connectivity index (χ1) is 9.78. The van der Waals surface area contributed by atoms with E-state index in [-0.39, 0.29) is 0 Å². The van der Waals surface area contributed by atoms with E-state index in [1.165, 1.54) is 32.1 Å². The molecule has 3 N–H and O–H groups in total. The van der Waals surface area contributed by atoms with Crippen LogP contribution in [0.15, 0.2) is 12.3 Å². The molecule has 0 unspecified atom stereocenters. The highest BCUT2D eigenvalue weighted by Gasteiger charge is 2.21. The summed E-state index contributed by atoms with van der Waals surface area (Å²) in [5, 5.41) is 7.69. The van der Waals surface area contributed by atoms with Crippen molar-refractivity contribution in [3.63, 3.8) is 0 Å². The Hall–Kier alpha value is -1.78. The molecule has 2 heterocycles. The van der Waals surface area contributed by atoms with Crippen molar-refractivity contribution < 1.29 is 0 Å². The summed E-state index contributed by atoms with van der Waals surface area (Å²) in [4.78, 5) is 12.1. The molecule has 2 aromatic rings. The van der Waals surface area contributed by atoms with E-state index in [0.717, 1.165) is 22.8 Å². The summed E-state index contributed by atoms with van der Waals surface area (Å²) in [6.07, 6.45) is 8.68. The molecule has 0 radical (unpaired) electrons. The van der Waals surface area contributed by atoms with E-state index in [9.17, 15) is 0 Å². The fourth-order valence-electron chi connectivity index (χ4n) is 3.13. The molecule has 1 aliphatic carbocycles. The molecule has 0 spiro atoms. The van der Waals surface area contributed by atoms with Crippen LogP contribution in [0.1, 0.15) is 39.0 Å². The third-order valence-electron chi connectivity index (χ3n) is 4.36. The first kappa shape index (κ1) is 13.2. The maximum atomic E-state index is 4.57. The molecular weight excluding hydrogens is 250 g/mol. The Morgan fingerprint density at radius 1 is 1.25 bits per heavy atom. The van der Waals surface area contributed by atoms with Crippen molar-refractivity contribution in [1.29, 1.82) is 0 Å². The minimum absolute atomic E-state index is 0.452. The molecule has 0 aromatic carbocycles. The molecule has 5 nitrogen and oxygen atoms in total. The third-order valence-corrected chi connectivity index (χ3v) is 4.36. The zero-order chi connectivity index (χ0) is 13.9. The highest BCUT2D eigenvalue weighted by molar-refractivity contribution is 5.88. The largest absolute Gasteiger partial charge is 0.367 e. The molecular formula is C15H23N5. The number of H-pyrrole nitrogens is 1. The molecule has 3 rings (SSSR count). The zero-order valence-corrected chi connectivity index (χ0v) is 12.2. The van der Waals surface area contributed by atoms with Crippen molar-refractivity contribution in [2.75, 3.05) is 17.7 Å². The average molecular weight is 273 g/mol. The summed E-state index contributed by atoms with van der Waals surface area (Å²) in [6, 6.07) is 2.48. The molecule has 1 aliphatic rings. The van der Waals surface area contributed by atoms with Gasteiger partial charge in [0, 0.05) is 19.3 Å². The first-order valence-electron chi connectivity index (χ1n) is 7.57. The van der Waals surface area contributed by atoms with Crippen molar-refractivity contribution in [1.82, 2.24) is 15.0 Å². The van der Waals surface area contributed by atoms with E-state index in [1.54, 1.807) is 0 Å². The number of nitrogens with zero attached hydrogens (tertiary/aromatic N) is 2. The molecule has 0 aliphatic heterocycles. The maximum Gasteiger partial charge on any atom is 0.226 e. The van der Waals surface area contributed by atoms with E-state index in [4.69, 9.17) is 0 Å². The van der Waals surface area contributed by atoms with Crippen LogP contribution in [0.2, 0.25) is 0 Å². The molecule has 0 bridgehead atoms. The molecule has 108 valence electrons. The van der Waals surface area contributed by atoms with Gasteiger partial charge in [0.15, 0.2) is 0 Å².